The van der Waals surface area contributed by atoms with E-state index in [-0.39, 0.29) is 24.9 Å². The minimum Gasteiger partial charge on any atom is -0.458 e. The average molecular weight is 572 g/mol. The van der Waals surface area contributed by atoms with Crippen molar-refractivity contribution in [3.8, 4) is 11.1 Å². The number of rotatable bonds is 10. The fraction of sp³-hybridized carbons (Fsp3) is 0.382. The molecule has 0 heterocycles. The van der Waals surface area contributed by atoms with Gasteiger partial charge in [-0.2, -0.15) is 0 Å². The van der Waals surface area contributed by atoms with E-state index in [0.717, 1.165) is 16.7 Å². The first-order valence-corrected chi connectivity index (χ1v) is 14.4. The number of nitrogens with one attached hydrogen (secondary N) is 2. The zero-order valence-electron chi connectivity index (χ0n) is 25.0. The topological polar surface area (TPSA) is 120 Å². The quantitative estimate of drug-likeness (QED) is 0.265. The highest BCUT2D eigenvalue weighted by Gasteiger charge is 2.30. The Balaban J connectivity index is 1.29. The first kappa shape index (κ1) is 30.8. The first-order valence-electron chi connectivity index (χ1n) is 14.4. The zero-order chi connectivity index (χ0) is 30.4. The summed E-state index contributed by atoms with van der Waals surface area (Å²) < 4.78 is 11.1. The van der Waals surface area contributed by atoms with E-state index < -0.39 is 35.7 Å². The Morgan fingerprint density at radius 1 is 0.881 bits per heavy atom. The first-order chi connectivity index (χ1) is 19.9. The number of fused-ring (bicyclic) bond motifs is 3. The lowest BCUT2D eigenvalue weighted by Crippen LogP contribution is -2.51. The number of anilines is 1. The van der Waals surface area contributed by atoms with Gasteiger partial charge in [-0.1, -0.05) is 74.5 Å². The van der Waals surface area contributed by atoms with Crippen LogP contribution >= 0.6 is 0 Å². The molecule has 4 N–H and O–H groups in total. The van der Waals surface area contributed by atoms with E-state index in [4.69, 9.17) is 15.2 Å². The predicted molar refractivity (Wildman–Crippen MR) is 164 cm³/mol. The van der Waals surface area contributed by atoms with Crippen LogP contribution in [-0.2, 0) is 25.5 Å². The Morgan fingerprint density at radius 3 is 2.00 bits per heavy atom. The van der Waals surface area contributed by atoms with E-state index in [1.807, 2.05) is 38.1 Å². The van der Waals surface area contributed by atoms with Crippen LogP contribution in [0.1, 0.15) is 63.6 Å². The summed E-state index contributed by atoms with van der Waals surface area (Å²) in [7, 11) is 0. The number of amides is 2. The lowest BCUT2D eigenvalue weighted by atomic mass is 9.98. The molecule has 2 amide bonds. The van der Waals surface area contributed by atoms with Crippen LogP contribution < -0.4 is 16.4 Å². The molecule has 222 valence electrons. The highest BCUT2D eigenvalue weighted by atomic mass is 16.6. The smallest absolute Gasteiger partial charge is 0.411 e. The number of nitrogens with two attached hydrogens (primary N) is 1. The summed E-state index contributed by atoms with van der Waals surface area (Å²) in [6.45, 7) is 9.54. The third kappa shape index (κ3) is 7.97. The summed E-state index contributed by atoms with van der Waals surface area (Å²) in [6.07, 6.45) is 0.169. The van der Waals surface area contributed by atoms with Gasteiger partial charge < -0.3 is 20.5 Å². The molecule has 1 aliphatic rings. The van der Waals surface area contributed by atoms with E-state index >= 15 is 0 Å². The Kier molecular flexibility index (Phi) is 9.68. The van der Waals surface area contributed by atoms with Crippen molar-refractivity contribution >= 4 is 23.7 Å². The van der Waals surface area contributed by atoms with Gasteiger partial charge in [-0.3, -0.25) is 10.1 Å². The molecule has 0 aliphatic heterocycles. The van der Waals surface area contributed by atoms with Crippen LogP contribution in [0.15, 0.2) is 72.8 Å². The molecule has 2 atom stereocenters. The van der Waals surface area contributed by atoms with Gasteiger partial charge in [0.25, 0.3) is 0 Å². The van der Waals surface area contributed by atoms with E-state index in [1.165, 1.54) is 11.1 Å². The second kappa shape index (κ2) is 13.2. The standard InChI is InChI=1S/C34H41N3O5/c1-21(2)18-30(32(39)42-34(3,4)5)37-31(38)29(35)19-22-14-16-23(17-15-22)36-33(40)41-20-28-26-12-8-6-10-24(26)25-11-7-9-13-27(25)28/h6-17,21,28-30H,18-20,35H2,1-5H3,(H,36,40)(H,37,38)/t29-,30-/m0/s1. The van der Waals surface area contributed by atoms with Crippen molar-refractivity contribution in [1.82, 2.24) is 5.32 Å². The maximum absolute atomic E-state index is 12.8. The molecular formula is C34H41N3O5. The molecule has 0 radical (unpaired) electrons. The highest BCUT2D eigenvalue weighted by molar-refractivity contribution is 5.88. The summed E-state index contributed by atoms with van der Waals surface area (Å²) in [5.74, 6) is -0.739. The van der Waals surface area contributed by atoms with Crippen LogP contribution in [0, 0.1) is 5.92 Å². The van der Waals surface area contributed by atoms with Crippen molar-refractivity contribution in [2.45, 2.75) is 71.1 Å². The molecule has 42 heavy (non-hydrogen) atoms. The number of carbonyl (C=O) groups excluding carboxylic acids is 3. The largest absolute Gasteiger partial charge is 0.458 e. The molecule has 0 aromatic heterocycles. The third-order valence-electron chi connectivity index (χ3n) is 7.05. The molecular weight excluding hydrogens is 530 g/mol. The van der Waals surface area contributed by atoms with Gasteiger partial charge in [-0.25, -0.2) is 9.59 Å². The molecule has 0 saturated heterocycles. The SMILES string of the molecule is CC(C)C[C@H](NC(=O)[C@@H](N)Cc1ccc(NC(=O)OCC2c3ccccc3-c3ccccc32)cc1)C(=O)OC(C)(C)C. The Bertz CT molecular complexity index is 1370. The van der Waals surface area contributed by atoms with Crippen LogP contribution in [-0.4, -0.2) is 42.3 Å². The maximum Gasteiger partial charge on any atom is 0.411 e. The molecule has 8 heteroatoms. The minimum absolute atomic E-state index is 0.0198. The number of esters is 1. The number of carbonyl (C=O) groups is 3. The van der Waals surface area contributed by atoms with Crippen LogP contribution in [0.4, 0.5) is 10.5 Å². The molecule has 0 saturated carbocycles. The Hall–Kier alpha value is -4.17. The number of hydrogen-bond donors (Lipinski definition) is 3. The van der Waals surface area contributed by atoms with Crippen molar-refractivity contribution in [3.63, 3.8) is 0 Å². The number of ether oxygens (including phenoxy) is 2. The van der Waals surface area contributed by atoms with E-state index in [9.17, 15) is 14.4 Å². The van der Waals surface area contributed by atoms with Crippen LogP contribution in [0.25, 0.3) is 11.1 Å². The van der Waals surface area contributed by atoms with Crippen molar-refractivity contribution in [2.75, 3.05) is 11.9 Å². The second-order valence-corrected chi connectivity index (χ2v) is 12.2. The minimum atomic E-state index is -0.858. The third-order valence-corrected chi connectivity index (χ3v) is 7.05. The van der Waals surface area contributed by atoms with Gasteiger partial charge in [0.1, 0.15) is 18.2 Å². The summed E-state index contributed by atoms with van der Waals surface area (Å²) >= 11 is 0. The summed E-state index contributed by atoms with van der Waals surface area (Å²) in [4.78, 5) is 38.1. The zero-order valence-corrected chi connectivity index (χ0v) is 25.0. The molecule has 1 aliphatic carbocycles. The summed E-state index contributed by atoms with van der Waals surface area (Å²) in [5, 5.41) is 5.54. The van der Waals surface area contributed by atoms with Crippen molar-refractivity contribution < 1.29 is 23.9 Å². The van der Waals surface area contributed by atoms with Crippen molar-refractivity contribution in [1.29, 1.82) is 0 Å². The van der Waals surface area contributed by atoms with Gasteiger partial charge in [-0.05, 0) is 79.5 Å². The number of hydrogen-bond acceptors (Lipinski definition) is 6. The van der Waals surface area contributed by atoms with Gasteiger partial charge in [0.05, 0.1) is 6.04 Å². The Morgan fingerprint density at radius 2 is 1.45 bits per heavy atom. The molecule has 0 unspecified atom stereocenters. The monoisotopic (exact) mass is 571 g/mol. The lowest BCUT2D eigenvalue weighted by Gasteiger charge is -2.26. The predicted octanol–water partition coefficient (Wildman–Crippen LogP) is 5.79. The van der Waals surface area contributed by atoms with Crippen LogP contribution in [0.2, 0.25) is 0 Å². The second-order valence-electron chi connectivity index (χ2n) is 12.2. The summed E-state index contributed by atoms with van der Waals surface area (Å²) in [5.41, 5.74) is 11.6. The maximum atomic E-state index is 12.8. The fourth-order valence-corrected chi connectivity index (χ4v) is 5.16. The molecule has 3 aromatic rings. The van der Waals surface area contributed by atoms with Crippen molar-refractivity contribution in [2.24, 2.45) is 11.7 Å². The Labute approximate surface area is 248 Å². The molecule has 0 spiro atoms. The summed E-state index contributed by atoms with van der Waals surface area (Å²) in [6, 6.07) is 21.8. The lowest BCUT2D eigenvalue weighted by molar-refractivity contribution is -0.159. The van der Waals surface area contributed by atoms with Gasteiger partial charge in [0.15, 0.2) is 0 Å². The molecule has 4 rings (SSSR count). The molecule has 3 aromatic carbocycles. The molecule has 8 nitrogen and oxygen atoms in total. The van der Waals surface area contributed by atoms with E-state index in [1.54, 1.807) is 45.0 Å². The van der Waals surface area contributed by atoms with Crippen LogP contribution in [0.5, 0.6) is 0 Å². The highest BCUT2D eigenvalue weighted by Crippen LogP contribution is 2.44. The van der Waals surface area contributed by atoms with Crippen LogP contribution in [0.3, 0.4) is 0 Å². The fourth-order valence-electron chi connectivity index (χ4n) is 5.16. The average Bonchev–Trinajstić information content (AvgIpc) is 3.25. The van der Waals surface area contributed by atoms with E-state index in [0.29, 0.717) is 12.1 Å². The normalized spacial score (nSPS) is 14.0. The van der Waals surface area contributed by atoms with Gasteiger partial charge in [-0.15, -0.1) is 0 Å². The van der Waals surface area contributed by atoms with Gasteiger partial charge in [0.2, 0.25) is 5.91 Å². The van der Waals surface area contributed by atoms with Gasteiger partial charge in [0, 0.05) is 11.6 Å². The molecule has 0 bridgehead atoms. The molecule has 0 fully saturated rings. The van der Waals surface area contributed by atoms with Crippen molar-refractivity contribution in [3.05, 3.63) is 89.5 Å². The number of benzene rings is 3. The van der Waals surface area contributed by atoms with Gasteiger partial charge >= 0.3 is 12.1 Å². The van der Waals surface area contributed by atoms with E-state index in [2.05, 4.69) is 34.9 Å².